The lowest BCUT2D eigenvalue weighted by molar-refractivity contribution is -0.140. The van der Waals surface area contributed by atoms with Crippen LogP contribution in [0.15, 0.2) is 30.3 Å². The van der Waals surface area contributed by atoms with Gasteiger partial charge in [-0.2, -0.15) is 0 Å². The standard InChI is InChI=1S/C21H28N2O3S/c1-26-21(25)19-16-23(14-15-27-19)20(24)11-8-17-6-9-18(10-7-17)22-12-4-2-3-5-13-22/h6-11,19H,2-5,12-16H2,1H3/b11-8+/t19-/m1/s1. The molecule has 1 aromatic carbocycles. The normalized spacial score (nSPS) is 21.1. The zero-order valence-electron chi connectivity index (χ0n) is 15.9. The Morgan fingerprint density at radius 1 is 1.07 bits per heavy atom. The van der Waals surface area contributed by atoms with Crippen molar-refractivity contribution in [2.45, 2.75) is 30.9 Å². The van der Waals surface area contributed by atoms with Gasteiger partial charge in [0.05, 0.1) is 7.11 Å². The fourth-order valence-corrected chi connectivity index (χ4v) is 4.65. The first-order valence-corrected chi connectivity index (χ1v) is 10.7. The number of benzene rings is 1. The van der Waals surface area contributed by atoms with Gasteiger partial charge < -0.3 is 14.5 Å². The molecule has 0 saturated carbocycles. The van der Waals surface area contributed by atoms with Crippen LogP contribution in [-0.4, -0.2) is 61.1 Å². The number of carbonyl (C=O) groups is 2. The van der Waals surface area contributed by atoms with Gasteiger partial charge in [-0.1, -0.05) is 25.0 Å². The smallest absolute Gasteiger partial charge is 0.320 e. The molecule has 2 heterocycles. The van der Waals surface area contributed by atoms with E-state index in [1.165, 1.54) is 38.5 Å². The molecule has 0 radical (unpaired) electrons. The van der Waals surface area contributed by atoms with E-state index in [0.717, 1.165) is 24.4 Å². The molecule has 1 atom stereocenters. The molecule has 0 bridgehead atoms. The fraction of sp³-hybridized carbons (Fsp3) is 0.524. The van der Waals surface area contributed by atoms with E-state index in [2.05, 4.69) is 29.2 Å². The average molecular weight is 389 g/mol. The quantitative estimate of drug-likeness (QED) is 0.586. The van der Waals surface area contributed by atoms with Gasteiger partial charge in [0, 0.05) is 43.7 Å². The van der Waals surface area contributed by atoms with Gasteiger partial charge in [0.1, 0.15) is 5.25 Å². The minimum Gasteiger partial charge on any atom is -0.468 e. The number of rotatable bonds is 4. The monoisotopic (exact) mass is 388 g/mol. The molecule has 2 fully saturated rings. The zero-order chi connectivity index (χ0) is 19.1. The van der Waals surface area contributed by atoms with Gasteiger partial charge in [-0.05, 0) is 36.6 Å². The second-order valence-electron chi connectivity index (χ2n) is 6.99. The van der Waals surface area contributed by atoms with Gasteiger partial charge in [0.2, 0.25) is 5.91 Å². The van der Waals surface area contributed by atoms with E-state index >= 15 is 0 Å². The number of nitrogens with zero attached hydrogens (tertiary/aromatic N) is 2. The molecule has 6 heteroatoms. The first-order chi connectivity index (χ1) is 13.2. The number of anilines is 1. The Balaban J connectivity index is 1.56. The lowest BCUT2D eigenvalue weighted by Gasteiger charge is -2.30. The van der Waals surface area contributed by atoms with Crippen LogP contribution >= 0.6 is 11.8 Å². The molecule has 0 aromatic heterocycles. The van der Waals surface area contributed by atoms with Crippen molar-refractivity contribution < 1.29 is 14.3 Å². The zero-order valence-corrected chi connectivity index (χ0v) is 16.7. The largest absolute Gasteiger partial charge is 0.468 e. The third-order valence-electron chi connectivity index (χ3n) is 5.12. The van der Waals surface area contributed by atoms with Gasteiger partial charge >= 0.3 is 5.97 Å². The van der Waals surface area contributed by atoms with Crippen LogP contribution in [0.4, 0.5) is 5.69 Å². The van der Waals surface area contributed by atoms with E-state index in [0.29, 0.717) is 13.1 Å². The molecular weight excluding hydrogens is 360 g/mol. The van der Waals surface area contributed by atoms with Crippen molar-refractivity contribution in [3.8, 4) is 0 Å². The van der Waals surface area contributed by atoms with Crippen molar-refractivity contribution in [1.29, 1.82) is 0 Å². The highest BCUT2D eigenvalue weighted by molar-refractivity contribution is 8.00. The van der Waals surface area contributed by atoms with Gasteiger partial charge in [-0.25, -0.2) is 0 Å². The summed E-state index contributed by atoms with van der Waals surface area (Å²) in [5.74, 6) is 0.440. The van der Waals surface area contributed by atoms with Crippen LogP contribution < -0.4 is 4.90 Å². The average Bonchev–Trinajstić information content (AvgIpc) is 3.01. The summed E-state index contributed by atoms with van der Waals surface area (Å²) in [6, 6.07) is 8.40. The molecule has 3 rings (SSSR count). The molecule has 27 heavy (non-hydrogen) atoms. The van der Waals surface area contributed by atoms with Crippen molar-refractivity contribution >= 4 is 35.4 Å². The van der Waals surface area contributed by atoms with E-state index in [-0.39, 0.29) is 17.1 Å². The van der Waals surface area contributed by atoms with E-state index in [1.54, 1.807) is 22.7 Å². The summed E-state index contributed by atoms with van der Waals surface area (Å²) in [6.45, 7) is 3.33. The summed E-state index contributed by atoms with van der Waals surface area (Å²) in [6.07, 6.45) is 8.62. The molecule has 2 aliphatic heterocycles. The second kappa shape index (κ2) is 9.83. The Hall–Kier alpha value is -1.95. The number of thioether (sulfide) groups is 1. The Labute approximate surface area is 165 Å². The highest BCUT2D eigenvalue weighted by atomic mass is 32.2. The Morgan fingerprint density at radius 2 is 1.78 bits per heavy atom. The lowest BCUT2D eigenvalue weighted by Crippen LogP contribution is -2.44. The molecule has 1 amide bonds. The maximum Gasteiger partial charge on any atom is 0.320 e. The molecule has 1 aromatic rings. The molecule has 0 unspecified atom stereocenters. The Bertz CT molecular complexity index is 667. The summed E-state index contributed by atoms with van der Waals surface area (Å²) in [7, 11) is 1.39. The van der Waals surface area contributed by atoms with Crippen molar-refractivity contribution in [2.24, 2.45) is 0 Å². The minimum absolute atomic E-state index is 0.0548. The van der Waals surface area contributed by atoms with Crippen LogP contribution in [-0.2, 0) is 14.3 Å². The number of amides is 1. The Kier molecular flexibility index (Phi) is 7.21. The number of hydrogen-bond donors (Lipinski definition) is 0. The van der Waals surface area contributed by atoms with Gasteiger partial charge in [0.25, 0.3) is 0 Å². The lowest BCUT2D eigenvalue weighted by atomic mass is 10.1. The number of carbonyl (C=O) groups excluding carboxylic acids is 2. The third-order valence-corrected chi connectivity index (χ3v) is 6.29. The number of methoxy groups -OCH3 is 1. The summed E-state index contributed by atoms with van der Waals surface area (Å²) < 4.78 is 4.80. The summed E-state index contributed by atoms with van der Waals surface area (Å²) >= 11 is 1.55. The third kappa shape index (κ3) is 5.51. The van der Waals surface area contributed by atoms with Crippen LogP contribution in [0, 0.1) is 0 Å². The van der Waals surface area contributed by atoms with E-state index in [4.69, 9.17) is 4.74 Å². The topological polar surface area (TPSA) is 49.9 Å². The maximum atomic E-state index is 12.4. The van der Waals surface area contributed by atoms with Crippen molar-refractivity contribution in [2.75, 3.05) is 43.9 Å². The molecule has 2 aliphatic rings. The predicted molar refractivity (Wildman–Crippen MR) is 111 cm³/mol. The van der Waals surface area contributed by atoms with Gasteiger partial charge in [0.15, 0.2) is 0 Å². The van der Waals surface area contributed by atoms with Crippen LogP contribution in [0.2, 0.25) is 0 Å². The van der Waals surface area contributed by atoms with Crippen LogP contribution in [0.3, 0.4) is 0 Å². The SMILES string of the molecule is COC(=O)[C@H]1CN(C(=O)/C=C/c2ccc(N3CCCCCC3)cc2)CCS1. The van der Waals surface area contributed by atoms with Crippen molar-refractivity contribution in [1.82, 2.24) is 4.90 Å². The van der Waals surface area contributed by atoms with E-state index in [9.17, 15) is 9.59 Å². The highest BCUT2D eigenvalue weighted by Crippen LogP contribution is 2.22. The first kappa shape index (κ1) is 19.8. The van der Waals surface area contributed by atoms with Crippen molar-refractivity contribution in [3.63, 3.8) is 0 Å². The second-order valence-corrected chi connectivity index (χ2v) is 8.30. The molecule has 146 valence electrons. The van der Waals surface area contributed by atoms with E-state index in [1.807, 2.05) is 6.08 Å². The molecule has 2 saturated heterocycles. The van der Waals surface area contributed by atoms with Crippen LogP contribution in [0.25, 0.3) is 6.08 Å². The molecular formula is C21H28N2O3S. The molecule has 5 nitrogen and oxygen atoms in total. The van der Waals surface area contributed by atoms with E-state index < -0.39 is 0 Å². The van der Waals surface area contributed by atoms with Gasteiger partial charge in [-0.3, -0.25) is 9.59 Å². The highest BCUT2D eigenvalue weighted by Gasteiger charge is 2.28. The molecule has 0 N–H and O–H groups in total. The summed E-state index contributed by atoms with van der Waals surface area (Å²) in [5.41, 5.74) is 2.27. The van der Waals surface area contributed by atoms with Gasteiger partial charge in [-0.15, -0.1) is 11.8 Å². The molecule has 0 aliphatic carbocycles. The summed E-state index contributed by atoms with van der Waals surface area (Å²) in [4.78, 5) is 28.3. The maximum absolute atomic E-state index is 12.4. The summed E-state index contributed by atoms with van der Waals surface area (Å²) in [5, 5.41) is -0.283. The number of esters is 1. The minimum atomic E-state index is -0.283. The van der Waals surface area contributed by atoms with Crippen LogP contribution in [0.5, 0.6) is 0 Å². The first-order valence-electron chi connectivity index (χ1n) is 9.69. The Morgan fingerprint density at radius 3 is 2.44 bits per heavy atom. The van der Waals surface area contributed by atoms with Crippen LogP contribution in [0.1, 0.15) is 31.2 Å². The number of ether oxygens (including phenoxy) is 1. The predicted octanol–water partition coefficient (Wildman–Crippen LogP) is 3.20. The molecule has 0 spiro atoms. The van der Waals surface area contributed by atoms with Crippen molar-refractivity contribution in [3.05, 3.63) is 35.9 Å². The number of hydrogen-bond acceptors (Lipinski definition) is 5. The fourth-order valence-electron chi connectivity index (χ4n) is 3.52.